The van der Waals surface area contributed by atoms with E-state index in [9.17, 15) is 4.79 Å². The third kappa shape index (κ3) is 3.84. The van der Waals surface area contributed by atoms with Gasteiger partial charge >= 0.3 is 0 Å². The maximum absolute atomic E-state index is 13.4. The van der Waals surface area contributed by atoms with Crippen molar-refractivity contribution in [2.45, 2.75) is 6.92 Å². The number of ether oxygens (including phenoxy) is 2. The lowest BCUT2D eigenvalue weighted by Crippen LogP contribution is -2.23. The van der Waals surface area contributed by atoms with Crippen LogP contribution >= 0.6 is 11.3 Å². The van der Waals surface area contributed by atoms with Gasteiger partial charge in [0.15, 0.2) is 17.3 Å². The van der Waals surface area contributed by atoms with E-state index in [0.29, 0.717) is 40.0 Å². The normalized spacial score (nSPS) is 13.3. The van der Waals surface area contributed by atoms with Crippen molar-refractivity contribution < 1.29 is 9.47 Å². The number of nitrogens with zero attached hydrogens (tertiary/aromatic N) is 5. The number of hydrogen-bond acceptors (Lipinski definition) is 7. The minimum absolute atomic E-state index is 0.210. The first-order valence-electron chi connectivity index (χ1n) is 12.2. The molecule has 3 aromatic carbocycles. The van der Waals surface area contributed by atoms with Crippen LogP contribution in [-0.2, 0) is 0 Å². The summed E-state index contributed by atoms with van der Waals surface area (Å²) in [6.45, 7) is 3.03. The van der Waals surface area contributed by atoms with E-state index < -0.39 is 0 Å². The smallest absolute Gasteiger partial charge is 0.291 e. The third-order valence-corrected chi connectivity index (χ3v) is 7.39. The minimum Gasteiger partial charge on any atom is -0.486 e. The molecule has 0 atom stereocenters. The van der Waals surface area contributed by atoms with E-state index in [-0.39, 0.29) is 5.56 Å². The number of hydrogen-bond donors (Lipinski definition) is 0. The predicted octanol–water partition coefficient (Wildman–Crippen LogP) is 4.30. The number of fused-ring (bicyclic) bond motifs is 2. The molecule has 0 bridgehead atoms. The van der Waals surface area contributed by atoms with Crippen molar-refractivity contribution in [2.24, 2.45) is 0 Å². The number of benzene rings is 3. The maximum atomic E-state index is 13.4. The molecule has 0 spiro atoms. The highest BCUT2D eigenvalue weighted by Gasteiger charge is 2.18. The van der Waals surface area contributed by atoms with E-state index in [2.05, 4.69) is 10.1 Å². The van der Waals surface area contributed by atoms with E-state index in [1.807, 2.05) is 96.7 Å². The number of para-hydroxylation sites is 1. The molecule has 0 saturated carbocycles. The molecule has 0 amide bonds. The molecule has 0 unspecified atom stereocenters. The van der Waals surface area contributed by atoms with Gasteiger partial charge in [-0.25, -0.2) is 4.68 Å². The lowest BCUT2D eigenvalue weighted by Gasteiger charge is -2.18. The molecule has 0 radical (unpaired) electrons. The second kappa shape index (κ2) is 8.97. The fraction of sp³-hybridized carbons (Fsp3) is 0.103. The Kier molecular flexibility index (Phi) is 5.29. The van der Waals surface area contributed by atoms with E-state index in [1.165, 1.54) is 15.9 Å². The van der Waals surface area contributed by atoms with Gasteiger partial charge in [0.25, 0.3) is 5.56 Å². The summed E-state index contributed by atoms with van der Waals surface area (Å²) < 4.78 is 15.2. The van der Waals surface area contributed by atoms with Crippen molar-refractivity contribution in [2.75, 3.05) is 13.2 Å². The lowest BCUT2D eigenvalue weighted by molar-refractivity contribution is 0.171. The molecule has 1 aliphatic heterocycles. The van der Waals surface area contributed by atoms with Crippen LogP contribution in [0.2, 0.25) is 0 Å². The fourth-order valence-corrected chi connectivity index (χ4v) is 5.43. The highest BCUT2D eigenvalue weighted by molar-refractivity contribution is 7.15. The van der Waals surface area contributed by atoms with Crippen LogP contribution in [0.4, 0.5) is 0 Å². The van der Waals surface area contributed by atoms with Crippen molar-refractivity contribution in [1.82, 2.24) is 24.4 Å². The van der Waals surface area contributed by atoms with Gasteiger partial charge in [0.2, 0.25) is 4.96 Å². The maximum Gasteiger partial charge on any atom is 0.291 e. The van der Waals surface area contributed by atoms with Crippen LogP contribution in [0.25, 0.3) is 39.4 Å². The molecule has 7 rings (SSSR count). The summed E-state index contributed by atoms with van der Waals surface area (Å²) in [5.41, 5.74) is 5.07. The molecule has 0 aliphatic carbocycles. The van der Waals surface area contributed by atoms with Crippen LogP contribution in [0.3, 0.4) is 0 Å². The van der Waals surface area contributed by atoms with E-state index in [4.69, 9.17) is 14.6 Å². The van der Waals surface area contributed by atoms with Gasteiger partial charge in [-0.15, -0.1) is 5.10 Å². The molecule has 4 heterocycles. The van der Waals surface area contributed by atoms with Crippen molar-refractivity contribution in [3.05, 3.63) is 105 Å². The zero-order valence-electron chi connectivity index (χ0n) is 20.4. The number of aryl methyl sites for hydroxylation is 1. The van der Waals surface area contributed by atoms with Crippen LogP contribution in [0.1, 0.15) is 11.1 Å². The molecule has 186 valence electrons. The van der Waals surface area contributed by atoms with Gasteiger partial charge in [-0.3, -0.25) is 4.79 Å². The van der Waals surface area contributed by atoms with Gasteiger partial charge < -0.3 is 9.47 Å². The SMILES string of the molecule is Cc1ccccc1-c1nc2sc(=Cc3cn(-c4ccccc4)nc3-c3ccc4c(c3)OCCO4)c(=O)n2n1. The number of thiazole rings is 1. The molecular formula is C29H21N5O3S. The summed E-state index contributed by atoms with van der Waals surface area (Å²) in [7, 11) is 0. The van der Waals surface area contributed by atoms with Gasteiger partial charge in [-0.2, -0.15) is 14.6 Å². The predicted molar refractivity (Wildman–Crippen MR) is 146 cm³/mol. The highest BCUT2D eigenvalue weighted by Crippen LogP contribution is 2.35. The summed E-state index contributed by atoms with van der Waals surface area (Å²) in [5, 5.41) is 9.40. The van der Waals surface area contributed by atoms with E-state index in [0.717, 1.165) is 33.6 Å². The summed E-state index contributed by atoms with van der Waals surface area (Å²) in [6.07, 6.45) is 3.78. The summed E-state index contributed by atoms with van der Waals surface area (Å²) in [4.78, 5) is 18.6. The third-order valence-electron chi connectivity index (χ3n) is 6.43. The van der Waals surface area contributed by atoms with Gasteiger partial charge in [-0.05, 0) is 48.9 Å². The van der Waals surface area contributed by atoms with Crippen LogP contribution in [-0.4, -0.2) is 37.6 Å². The van der Waals surface area contributed by atoms with Crippen LogP contribution in [0.5, 0.6) is 11.5 Å². The Morgan fingerprint density at radius 3 is 2.53 bits per heavy atom. The van der Waals surface area contributed by atoms with Gasteiger partial charge in [-0.1, -0.05) is 53.8 Å². The zero-order valence-corrected chi connectivity index (χ0v) is 21.2. The topological polar surface area (TPSA) is 83.5 Å². The van der Waals surface area contributed by atoms with Crippen LogP contribution in [0, 0.1) is 6.92 Å². The molecule has 0 N–H and O–H groups in total. The number of aromatic nitrogens is 5. The summed E-state index contributed by atoms with van der Waals surface area (Å²) >= 11 is 1.31. The Hall–Kier alpha value is -4.76. The molecule has 8 nitrogen and oxygen atoms in total. The molecular weight excluding hydrogens is 498 g/mol. The Labute approximate surface area is 221 Å². The van der Waals surface area contributed by atoms with Gasteiger partial charge in [0.05, 0.1) is 10.2 Å². The molecule has 9 heteroatoms. The average Bonchev–Trinajstić information content (AvgIpc) is 3.64. The summed E-state index contributed by atoms with van der Waals surface area (Å²) in [6, 6.07) is 23.5. The molecule has 6 aromatic rings. The molecule has 0 saturated heterocycles. The molecule has 0 fully saturated rings. The monoisotopic (exact) mass is 519 g/mol. The van der Waals surface area contributed by atoms with Crippen molar-refractivity contribution >= 4 is 22.4 Å². The Balaban J connectivity index is 1.37. The second-order valence-corrected chi connectivity index (χ2v) is 9.94. The van der Waals surface area contributed by atoms with Gasteiger partial charge in [0.1, 0.15) is 18.9 Å². The summed E-state index contributed by atoms with van der Waals surface area (Å²) in [5.74, 6) is 1.94. The lowest BCUT2D eigenvalue weighted by atomic mass is 10.1. The first-order valence-corrected chi connectivity index (χ1v) is 13.0. The Morgan fingerprint density at radius 1 is 0.921 bits per heavy atom. The average molecular weight is 520 g/mol. The quantitative estimate of drug-likeness (QED) is 0.345. The molecule has 1 aliphatic rings. The van der Waals surface area contributed by atoms with Crippen molar-refractivity contribution in [3.63, 3.8) is 0 Å². The van der Waals surface area contributed by atoms with E-state index >= 15 is 0 Å². The van der Waals surface area contributed by atoms with E-state index in [1.54, 1.807) is 0 Å². The molecule has 3 aromatic heterocycles. The second-order valence-electron chi connectivity index (χ2n) is 8.93. The van der Waals surface area contributed by atoms with Crippen LogP contribution < -0.4 is 19.6 Å². The van der Waals surface area contributed by atoms with Crippen LogP contribution in [0.15, 0.2) is 83.8 Å². The first kappa shape index (κ1) is 22.4. The van der Waals surface area contributed by atoms with Gasteiger partial charge in [0, 0.05) is 22.9 Å². The minimum atomic E-state index is -0.210. The Morgan fingerprint density at radius 2 is 1.71 bits per heavy atom. The fourth-order valence-electron chi connectivity index (χ4n) is 4.53. The first-order chi connectivity index (χ1) is 18.6. The van der Waals surface area contributed by atoms with Crippen molar-refractivity contribution in [3.8, 4) is 39.8 Å². The highest BCUT2D eigenvalue weighted by atomic mass is 32.1. The molecule has 38 heavy (non-hydrogen) atoms. The number of rotatable bonds is 4. The zero-order chi connectivity index (χ0) is 25.6. The Bertz CT molecular complexity index is 1920. The van der Waals surface area contributed by atoms with Crippen molar-refractivity contribution in [1.29, 1.82) is 0 Å². The standard InChI is InChI=1S/C29H21N5O3S/c1-18-7-5-6-10-22(18)27-30-29-34(32-27)28(35)25(38-29)16-20-17-33(21-8-3-2-4-9-21)31-26(20)19-11-12-23-24(15-19)37-14-13-36-23/h2-12,15-17H,13-14H2,1H3. The largest absolute Gasteiger partial charge is 0.486 e.